The molecule has 1 amide bonds. The number of para-hydroxylation sites is 2. The number of carbonyl (C=O) groups excluding carboxylic acids is 1. The number of carbonyl (C=O) groups is 1. The summed E-state index contributed by atoms with van der Waals surface area (Å²) in [5.74, 6) is 0.923. The van der Waals surface area contributed by atoms with Crippen molar-refractivity contribution >= 4 is 50.9 Å². The molecule has 3 aromatic heterocycles. The van der Waals surface area contributed by atoms with Crippen LogP contribution in [0.15, 0.2) is 126 Å². The topological polar surface area (TPSA) is 121 Å². The third-order valence-electron chi connectivity index (χ3n) is 7.02. The van der Waals surface area contributed by atoms with Crippen molar-refractivity contribution in [1.82, 2.24) is 19.9 Å². The molecule has 0 spiro atoms. The van der Waals surface area contributed by atoms with E-state index in [2.05, 4.69) is 31.3 Å². The molecule has 0 aliphatic heterocycles. The standard InChI is InChI=1S/C34H21N7O2/c35-19-22-8-10-23(11-9-22)34(42)40-24-12-14-25(15-13-24)41(31-16-17-36-20-38-31)32-18-29(37-21-39-32)28-6-3-5-27-26-4-1-2-7-30(26)43-33(27)28/h1-18,20-21H,(H,40,42). The fourth-order valence-electron chi connectivity index (χ4n) is 4.96. The van der Waals surface area contributed by atoms with Gasteiger partial charge in [-0.1, -0.05) is 30.3 Å². The smallest absolute Gasteiger partial charge is 0.255 e. The number of hydrogen-bond donors (Lipinski definition) is 1. The molecule has 0 saturated heterocycles. The van der Waals surface area contributed by atoms with Crippen molar-refractivity contribution in [2.45, 2.75) is 0 Å². The van der Waals surface area contributed by atoms with Gasteiger partial charge in [0.25, 0.3) is 5.91 Å². The number of nitrogens with zero attached hydrogens (tertiary/aromatic N) is 6. The fraction of sp³-hybridized carbons (Fsp3) is 0. The van der Waals surface area contributed by atoms with E-state index in [1.54, 1.807) is 36.5 Å². The van der Waals surface area contributed by atoms with Crippen LogP contribution in [0.3, 0.4) is 0 Å². The van der Waals surface area contributed by atoms with E-state index < -0.39 is 0 Å². The van der Waals surface area contributed by atoms with Crippen LogP contribution in [0.25, 0.3) is 33.2 Å². The highest BCUT2D eigenvalue weighted by atomic mass is 16.3. The molecular formula is C34H21N7O2. The Morgan fingerprint density at radius 3 is 2.37 bits per heavy atom. The first-order valence-corrected chi connectivity index (χ1v) is 13.4. The first-order valence-electron chi connectivity index (χ1n) is 13.4. The molecule has 7 rings (SSSR count). The number of benzene rings is 4. The molecule has 0 bridgehead atoms. The summed E-state index contributed by atoms with van der Waals surface area (Å²) in [5.41, 5.74) is 5.44. The van der Waals surface area contributed by atoms with Gasteiger partial charge in [0.15, 0.2) is 0 Å². The van der Waals surface area contributed by atoms with Gasteiger partial charge >= 0.3 is 0 Å². The number of amides is 1. The summed E-state index contributed by atoms with van der Waals surface area (Å²) in [5, 5.41) is 14.0. The van der Waals surface area contributed by atoms with E-state index in [0.29, 0.717) is 34.1 Å². The van der Waals surface area contributed by atoms with E-state index in [9.17, 15) is 4.79 Å². The number of nitriles is 1. The average Bonchev–Trinajstić information content (AvgIpc) is 3.45. The Bertz CT molecular complexity index is 2140. The Kier molecular flexibility index (Phi) is 6.46. The maximum absolute atomic E-state index is 12.8. The van der Waals surface area contributed by atoms with E-state index in [4.69, 9.17) is 9.68 Å². The van der Waals surface area contributed by atoms with E-state index in [-0.39, 0.29) is 5.91 Å². The Hall–Kier alpha value is -6.40. The highest BCUT2D eigenvalue weighted by Crippen LogP contribution is 2.37. The van der Waals surface area contributed by atoms with Crippen LogP contribution in [0, 0.1) is 11.3 Å². The molecule has 4 aromatic carbocycles. The van der Waals surface area contributed by atoms with Crippen LogP contribution in [-0.4, -0.2) is 25.8 Å². The molecular weight excluding hydrogens is 538 g/mol. The van der Waals surface area contributed by atoms with Gasteiger partial charge in [-0.25, -0.2) is 19.9 Å². The van der Waals surface area contributed by atoms with Crippen molar-refractivity contribution in [3.05, 3.63) is 133 Å². The number of aromatic nitrogens is 4. The molecule has 0 aliphatic rings. The lowest BCUT2D eigenvalue weighted by molar-refractivity contribution is 0.102. The Morgan fingerprint density at radius 2 is 1.58 bits per heavy atom. The van der Waals surface area contributed by atoms with Crippen LogP contribution in [0.4, 0.5) is 23.0 Å². The fourth-order valence-corrected chi connectivity index (χ4v) is 4.96. The van der Waals surface area contributed by atoms with Gasteiger partial charge in [0.05, 0.1) is 17.3 Å². The number of furan rings is 1. The molecule has 3 heterocycles. The van der Waals surface area contributed by atoms with Gasteiger partial charge in [0.1, 0.15) is 35.5 Å². The minimum absolute atomic E-state index is 0.273. The van der Waals surface area contributed by atoms with Gasteiger partial charge in [-0.05, 0) is 66.7 Å². The van der Waals surface area contributed by atoms with Crippen molar-refractivity contribution in [3.63, 3.8) is 0 Å². The maximum Gasteiger partial charge on any atom is 0.255 e. The largest absolute Gasteiger partial charge is 0.455 e. The zero-order chi connectivity index (χ0) is 29.2. The lowest BCUT2D eigenvalue weighted by Gasteiger charge is -2.23. The van der Waals surface area contributed by atoms with Crippen molar-refractivity contribution in [2.24, 2.45) is 0 Å². The lowest BCUT2D eigenvalue weighted by Crippen LogP contribution is -2.14. The van der Waals surface area contributed by atoms with Crippen LogP contribution in [-0.2, 0) is 0 Å². The summed E-state index contributed by atoms with van der Waals surface area (Å²) in [6.07, 6.45) is 4.66. The van der Waals surface area contributed by atoms with Crippen LogP contribution >= 0.6 is 0 Å². The van der Waals surface area contributed by atoms with E-state index >= 15 is 0 Å². The van der Waals surface area contributed by atoms with Gasteiger partial charge in [-0.3, -0.25) is 9.69 Å². The van der Waals surface area contributed by atoms with E-state index in [1.165, 1.54) is 12.7 Å². The van der Waals surface area contributed by atoms with Gasteiger partial charge in [0.2, 0.25) is 0 Å². The van der Waals surface area contributed by atoms with Crippen LogP contribution in [0.1, 0.15) is 15.9 Å². The average molecular weight is 560 g/mol. The minimum Gasteiger partial charge on any atom is -0.455 e. The molecule has 1 N–H and O–H groups in total. The molecule has 204 valence electrons. The maximum atomic E-state index is 12.8. The summed E-state index contributed by atoms with van der Waals surface area (Å²) in [4.78, 5) is 32.4. The van der Waals surface area contributed by atoms with E-state index in [0.717, 1.165) is 33.2 Å². The summed E-state index contributed by atoms with van der Waals surface area (Å²) < 4.78 is 6.25. The van der Waals surface area contributed by atoms with Gasteiger partial charge < -0.3 is 9.73 Å². The molecule has 9 heteroatoms. The normalized spacial score (nSPS) is 10.9. The van der Waals surface area contributed by atoms with Crippen LogP contribution < -0.4 is 10.2 Å². The predicted octanol–water partition coefficient (Wildman–Crippen LogP) is 7.43. The first-order chi connectivity index (χ1) is 21.2. The second kappa shape index (κ2) is 10.9. The van der Waals surface area contributed by atoms with Crippen LogP contribution in [0.5, 0.6) is 0 Å². The zero-order valence-electron chi connectivity index (χ0n) is 22.5. The number of anilines is 4. The minimum atomic E-state index is -0.273. The molecule has 9 nitrogen and oxygen atoms in total. The van der Waals surface area contributed by atoms with Gasteiger partial charge in [0, 0.05) is 45.5 Å². The van der Waals surface area contributed by atoms with Crippen molar-refractivity contribution in [3.8, 4) is 17.3 Å². The molecule has 0 unspecified atom stereocenters. The van der Waals surface area contributed by atoms with E-state index in [1.807, 2.05) is 77.7 Å². The monoisotopic (exact) mass is 559 g/mol. The Balaban J connectivity index is 1.24. The molecule has 7 aromatic rings. The molecule has 0 saturated carbocycles. The summed E-state index contributed by atoms with van der Waals surface area (Å²) in [6, 6.07) is 33.5. The first kappa shape index (κ1) is 25.6. The zero-order valence-corrected chi connectivity index (χ0v) is 22.5. The van der Waals surface area contributed by atoms with Gasteiger partial charge in [-0.15, -0.1) is 0 Å². The van der Waals surface area contributed by atoms with Crippen molar-refractivity contribution in [1.29, 1.82) is 5.26 Å². The third kappa shape index (κ3) is 4.90. The third-order valence-corrected chi connectivity index (χ3v) is 7.02. The Morgan fingerprint density at radius 1 is 0.791 bits per heavy atom. The Labute approximate surface area is 245 Å². The number of fused-ring (bicyclic) bond motifs is 3. The van der Waals surface area contributed by atoms with Crippen molar-refractivity contribution in [2.75, 3.05) is 10.2 Å². The summed E-state index contributed by atoms with van der Waals surface area (Å²) in [7, 11) is 0. The molecule has 0 radical (unpaired) electrons. The molecule has 0 aliphatic carbocycles. The summed E-state index contributed by atoms with van der Waals surface area (Å²) in [6.45, 7) is 0. The molecule has 43 heavy (non-hydrogen) atoms. The number of hydrogen-bond acceptors (Lipinski definition) is 8. The SMILES string of the molecule is N#Cc1ccc(C(=O)Nc2ccc(N(c3ccncn3)c3cc(-c4cccc5c4oc4ccccc45)ncn3)cc2)cc1. The second-order valence-corrected chi connectivity index (χ2v) is 9.64. The highest BCUT2D eigenvalue weighted by Gasteiger charge is 2.19. The number of rotatable bonds is 6. The van der Waals surface area contributed by atoms with Crippen LogP contribution in [0.2, 0.25) is 0 Å². The molecule has 0 atom stereocenters. The highest BCUT2D eigenvalue weighted by molar-refractivity contribution is 6.09. The van der Waals surface area contributed by atoms with Gasteiger partial charge in [-0.2, -0.15) is 5.26 Å². The number of nitrogens with one attached hydrogen (secondary N) is 1. The molecule has 0 fully saturated rings. The quantitative estimate of drug-likeness (QED) is 0.223. The predicted molar refractivity (Wildman–Crippen MR) is 164 cm³/mol. The van der Waals surface area contributed by atoms with Crippen molar-refractivity contribution < 1.29 is 9.21 Å². The second-order valence-electron chi connectivity index (χ2n) is 9.64. The summed E-state index contributed by atoms with van der Waals surface area (Å²) >= 11 is 0. The lowest BCUT2D eigenvalue weighted by atomic mass is 10.1.